The van der Waals surface area contributed by atoms with E-state index < -0.39 is 7.81 Å². The molecule has 0 saturated carbocycles. The van der Waals surface area contributed by atoms with E-state index in [1.165, 1.54) is 0 Å². The first-order valence-corrected chi connectivity index (χ1v) is 8.61. The third-order valence-electron chi connectivity index (χ3n) is 1.92. The first kappa shape index (κ1) is 21.1. The van der Waals surface area contributed by atoms with Gasteiger partial charge in [0.25, 0.3) is 0 Å². The van der Waals surface area contributed by atoms with Crippen LogP contribution in [0.2, 0.25) is 0 Å². The van der Waals surface area contributed by atoms with Gasteiger partial charge >= 0.3 is 33.0 Å². The van der Waals surface area contributed by atoms with Gasteiger partial charge in [0.05, 0.1) is 13.2 Å². The van der Waals surface area contributed by atoms with Crippen molar-refractivity contribution < 1.29 is 39.2 Å². The van der Waals surface area contributed by atoms with Crippen LogP contribution in [-0.4, -0.2) is 17.8 Å². The summed E-state index contributed by atoms with van der Waals surface area (Å²) in [6, 6.07) is 0. The Labute approximate surface area is 124 Å². The van der Waals surface area contributed by atoms with E-state index in [-0.39, 0.29) is 0 Å². The summed E-state index contributed by atoms with van der Waals surface area (Å²) < 4.78 is 74.0. The topological polar surface area (TPSA) is 27.3 Å². The number of aromatic nitrogens is 2. The molecule has 0 unspecified atom stereocenters. The monoisotopic (exact) mass is 358 g/mol. The molecule has 1 aromatic heterocycles. The molecule has 0 amide bonds. The third kappa shape index (κ3) is 19.1. The van der Waals surface area contributed by atoms with Gasteiger partial charge in [-0.3, -0.25) is 0 Å². The van der Waals surface area contributed by atoms with Gasteiger partial charge < -0.3 is 9.47 Å². The molecule has 0 aliphatic carbocycles. The molecule has 0 bridgehead atoms. The molecule has 1 heterocycles. The predicted octanol–water partition coefficient (Wildman–Crippen LogP) is 4.93. The van der Waals surface area contributed by atoms with Crippen molar-refractivity contribution in [1.29, 1.82) is 0 Å². The summed E-state index contributed by atoms with van der Waals surface area (Å²) in [4.78, 5) is 0. The predicted molar refractivity (Wildman–Crippen MR) is 70.7 cm³/mol. The van der Waals surface area contributed by atoms with Crippen LogP contribution in [0.4, 0.5) is 25.2 Å². The maximum atomic E-state index is 9.87. The van der Waals surface area contributed by atoms with Crippen molar-refractivity contribution in [2.45, 2.75) is 40.2 Å². The average Bonchev–Trinajstić information content (AvgIpc) is 2.74. The fraction of sp³-hybridized carbons (Fsp3) is 0.727. The van der Waals surface area contributed by atoms with Gasteiger partial charge in [-0.2, -0.15) is 0 Å². The van der Waals surface area contributed by atoms with Gasteiger partial charge in [0.15, 0.2) is 13.5 Å². The van der Waals surface area contributed by atoms with Crippen LogP contribution < -0.4 is 4.57 Å². The molecule has 0 aliphatic heterocycles. The molecule has 0 spiro atoms. The van der Waals surface area contributed by atoms with E-state index in [1.807, 2.05) is 27.9 Å². The molecule has 0 radical (unpaired) electrons. The molecule has 1 aromatic rings. The number of rotatable bonds is 8. The molecule has 0 N–H and O–H groups in total. The number of halogens is 6. The Kier molecular flexibility index (Phi) is 7.31. The van der Waals surface area contributed by atoms with Gasteiger partial charge in [-0.05, 0) is 12.8 Å². The standard InChI is InChI=1S/C11H21N2O2.F6P/c1-3-7-14-10-12-5-6-13(9-12)11-15-8-4-2;1-7(2,3,4,5)6/h5-6,9H,3-4,7-8,10-11H2,1-2H3;/q+1;-1. The Bertz CT molecular complexity index is 398. The second-order valence-electron chi connectivity index (χ2n) is 4.48. The van der Waals surface area contributed by atoms with E-state index in [4.69, 9.17) is 9.47 Å². The zero-order chi connectivity index (χ0) is 17.3. The van der Waals surface area contributed by atoms with Gasteiger partial charge in [-0.15, -0.1) is 0 Å². The Hall–Kier alpha value is -0.860. The van der Waals surface area contributed by atoms with Crippen LogP contribution in [0.25, 0.3) is 0 Å². The van der Waals surface area contributed by atoms with Crippen LogP contribution in [0.5, 0.6) is 0 Å². The number of ether oxygens (including phenoxy) is 2. The molecule has 4 nitrogen and oxygen atoms in total. The first-order valence-electron chi connectivity index (χ1n) is 6.58. The number of hydrogen-bond acceptors (Lipinski definition) is 2. The van der Waals surface area contributed by atoms with E-state index in [2.05, 4.69) is 13.8 Å². The summed E-state index contributed by atoms with van der Waals surface area (Å²) in [5, 5.41) is 0. The van der Waals surface area contributed by atoms with Crippen LogP contribution in [0, 0.1) is 0 Å². The van der Waals surface area contributed by atoms with Crippen molar-refractivity contribution in [2.75, 3.05) is 13.2 Å². The molecule has 11 heteroatoms. The molecule has 134 valence electrons. The van der Waals surface area contributed by atoms with Crippen molar-refractivity contribution in [3.63, 3.8) is 0 Å². The van der Waals surface area contributed by atoms with E-state index in [1.54, 1.807) is 0 Å². The van der Waals surface area contributed by atoms with Gasteiger partial charge in [0.1, 0.15) is 12.4 Å². The zero-order valence-electron chi connectivity index (χ0n) is 12.4. The molecular formula is C11H21F6N2O2P. The Morgan fingerprint density at radius 2 is 1.45 bits per heavy atom. The normalized spacial score (nSPS) is 14.7. The van der Waals surface area contributed by atoms with Crippen LogP contribution in [0.15, 0.2) is 18.7 Å². The van der Waals surface area contributed by atoms with Crippen molar-refractivity contribution in [3.05, 3.63) is 18.7 Å². The maximum absolute atomic E-state index is 10.7. The zero-order valence-corrected chi connectivity index (χ0v) is 13.3. The number of hydrogen-bond donors (Lipinski definition) is 0. The van der Waals surface area contributed by atoms with Crippen molar-refractivity contribution in [1.82, 2.24) is 4.57 Å². The van der Waals surface area contributed by atoms with Crippen LogP contribution in [0.1, 0.15) is 26.7 Å². The summed E-state index contributed by atoms with van der Waals surface area (Å²) >= 11 is 0. The molecule has 0 aromatic carbocycles. The third-order valence-corrected chi connectivity index (χ3v) is 1.92. The van der Waals surface area contributed by atoms with Crippen molar-refractivity contribution in [3.8, 4) is 0 Å². The van der Waals surface area contributed by atoms with Crippen molar-refractivity contribution in [2.24, 2.45) is 0 Å². The summed E-state index contributed by atoms with van der Waals surface area (Å²) in [7, 11) is -10.7. The van der Waals surface area contributed by atoms with E-state index in [9.17, 15) is 25.2 Å². The van der Waals surface area contributed by atoms with E-state index >= 15 is 0 Å². The average molecular weight is 358 g/mol. The minimum absolute atomic E-state index is 0.620. The minimum atomic E-state index is -10.7. The van der Waals surface area contributed by atoms with Gasteiger partial charge in [0.2, 0.25) is 6.33 Å². The van der Waals surface area contributed by atoms with Crippen LogP contribution >= 0.6 is 7.81 Å². The van der Waals surface area contributed by atoms with Crippen molar-refractivity contribution >= 4 is 7.81 Å². The number of nitrogens with zero attached hydrogens (tertiary/aromatic N) is 2. The Morgan fingerprint density at radius 1 is 0.955 bits per heavy atom. The number of imidazole rings is 1. The second-order valence-corrected chi connectivity index (χ2v) is 6.39. The van der Waals surface area contributed by atoms with E-state index in [0.717, 1.165) is 26.1 Å². The summed E-state index contributed by atoms with van der Waals surface area (Å²) in [5.41, 5.74) is 0. The molecule has 22 heavy (non-hydrogen) atoms. The summed E-state index contributed by atoms with van der Waals surface area (Å²) in [6.07, 6.45) is 8.09. The molecule has 0 aliphatic rings. The van der Waals surface area contributed by atoms with Crippen LogP contribution in [-0.2, 0) is 22.9 Å². The molecular weight excluding hydrogens is 337 g/mol. The molecule has 0 fully saturated rings. The molecule has 0 atom stereocenters. The quantitative estimate of drug-likeness (QED) is 0.285. The summed E-state index contributed by atoms with van der Waals surface area (Å²) in [6.45, 7) is 7.07. The van der Waals surface area contributed by atoms with Gasteiger partial charge in [0, 0.05) is 0 Å². The fourth-order valence-corrected chi connectivity index (χ4v) is 1.22. The van der Waals surface area contributed by atoms with Gasteiger partial charge in [-0.25, -0.2) is 9.13 Å². The Balaban J connectivity index is 0.000000534. The second kappa shape index (κ2) is 7.61. The Morgan fingerprint density at radius 3 is 1.95 bits per heavy atom. The fourth-order valence-electron chi connectivity index (χ4n) is 1.22. The van der Waals surface area contributed by atoms with Gasteiger partial charge in [-0.1, -0.05) is 13.8 Å². The van der Waals surface area contributed by atoms with Crippen LogP contribution in [0.3, 0.4) is 0 Å². The molecule has 0 saturated heterocycles. The SMILES string of the molecule is CCCOCn1cc[n+](COCCC)c1.F[P-](F)(F)(F)(F)F. The van der Waals surface area contributed by atoms with E-state index in [0.29, 0.717) is 13.5 Å². The summed E-state index contributed by atoms with van der Waals surface area (Å²) in [5.74, 6) is 0. The molecule has 1 rings (SSSR count). The first-order chi connectivity index (χ1) is 9.81.